The van der Waals surface area contributed by atoms with Crippen LogP contribution in [0.15, 0.2) is 72.8 Å². The van der Waals surface area contributed by atoms with Gasteiger partial charge in [0.05, 0.1) is 11.7 Å². The molecule has 0 spiro atoms. The zero-order valence-electron chi connectivity index (χ0n) is 27.5. The van der Waals surface area contributed by atoms with Crippen LogP contribution in [0.3, 0.4) is 0 Å². The minimum absolute atomic E-state index is 0.193. The second-order valence-electron chi connectivity index (χ2n) is 11.8. The van der Waals surface area contributed by atoms with E-state index < -0.39 is 69.2 Å². The summed E-state index contributed by atoms with van der Waals surface area (Å²) < 4.78 is 32.7. The van der Waals surface area contributed by atoms with E-state index in [0.717, 1.165) is 12.1 Å². The van der Waals surface area contributed by atoms with Crippen molar-refractivity contribution in [2.75, 3.05) is 5.73 Å². The first-order chi connectivity index (χ1) is 24.1. The highest BCUT2D eigenvalue weighted by Crippen LogP contribution is 2.37. The molecule has 3 rings (SSSR count). The Morgan fingerprint density at radius 2 is 1.44 bits per heavy atom. The quantitative estimate of drug-likeness (QED) is 0.0603. The number of carbonyl (C=O) groups is 5. The summed E-state index contributed by atoms with van der Waals surface area (Å²) in [5.41, 5.74) is 15.9. The fourth-order valence-electron chi connectivity index (χ4n) is 4.78. The van der Waals surface area contributed by atoms with Gasteiger partial charge in [-0.05, 0) is 60.0 Å². The Balaban J connectivity index is 1.96. The van der Waals surface area contributed by atoms with E-state index in [1.807, 2.05) is 0 Å². The van der Waals surface area contributed by atoms with Gasteiger partial charge in [-0.1, -0.05) is 36.4 Å². The number of amides is 5. The third-order valence-electron chi connectivity index (χ3n) is 7.30. The third-order valence-corrected chi connectivity index (χ3v) is 8.72. The van der Waals surface area contributed by atoms with Crippen LogP contribution in [0.5, 0.6) is 5.75 Å². The van der Waals surface area contributed by atoms with E-state index in [4.69, 9.17) is 31.7 Å². The molecule has 0 aliphatic rings. The van der Waals surface area contributed by atoms with E-state index in [1.165, 1.54) is 43.3 Å². The summed E-state index contributed by atoms with van der Waals surface area (Å²) in [6.45, 7) is 1.02. The molecule has 3 aromatic carbocycles. The number of hydrogen-bond acceptors (Lipinski definition) is 10. The standard InChI is InChI=1S/C31H38N6O13P2/c1-31(29(41)35-24(27(34)39)15-26(33)38,16-19-7-11-23(12-8-19)51(43,44)45)37-28(40)25(14-18-5-9-22(10-6-18)50-52(46,47)48)36-30(42)49-17-20-3-2-4-21(32)13-20/h2-13,24-25H,14-17,32H2,1H3,(H2,33,38)(H2,34,39)(H,35,41)(H,36,42)(H,37,40)(H2,43,44,45)(H2,46,47,48)/t24-,25+,31-/m1/s1. The third kappa shape index (κ3) is 13.1. The summed E-state index contributed by atoms with van der Waals surface area (Å²) in [6.07, 6.45) is -2.35. The summed E-state index contributed by atoms with van der Waals surface area (Å²) in [5.74, 6) is -4.26. The summed E-state index contributed by atoms with van der Waals surface area (Å²) >= 11 is 0. The molecule has 0 unspecified atom stereocenters. The number of rotatable bonds is 17. The number of nitrogen functional groups attached to an aromatic ring is 1. The van der Waals surface area contributed by atoms with Crippen LogP contribution >= 0.6 is 15.4 Å². The molecule has 52 heavy (non-hydrogen) atoms. The van der Waals surface area contributed by atoms with E-state index in [0.29, 0.717) is 16.8 Å². The normalized spacial score (nSPS) is 13.8. The summed E-state index contributed by atoms with van der Waals surface area (Å²) in [4.78, 5) is 101. The zero-order chi connectivity index (χ0) is 38.9. The number of carbonyl (C=O) groups excluding carboxylic acids is 5. The largest absolute Gasteiger partial charge is 0.524 e. The van der Waals surface area contributed by atoms with Crippen LogP contribution in [-0.4, -0.2) is 66.9 Å². The van der Waals surface area contributed by atoms with Gasteiger partial charge >= 0.3 is 21.5 Å². The summed E-state index contributed by atoms with van der Waals surface area (Å²) in [6, 6.07) is 13.4. The van der Waals surface area contributed by atoms with Crippen molar-refractivity contribution in [2.24, 2.45) is 11.5 Å². The van der Waals surface area contributed by atoms with Crippen LogP contribution in [0.4, 0.5) is 10.5 Å². The second kappa shape index (κ2) is 17.3. The molecule has 5 amide bonds. The molecule has 0 aliphatic heterocycles. The second-order valence-corrected chi connectivity index (χ2v) is 14.5. The van der Waals surface area contributed by atoms with Gasteiger partial charge in [0.1, 0.15) is 30.0 Å². The minimum atomic E-state index is -4.88. The van der Waals surface area contributed by atoms with Gasteiger partial charge in [0.2, 0.25) is 23.6 Å². The Kier molecular flexibility index (Phi) is 13.7. The maximum absolute atomic E-state index is 14.0. The van der Waals surface area contributed by atoms with E-state index in [1.54, 1.807) is 24.3 Å². The van der Waals surface area contributed by atoms with Crippen molar-refractivity contribution in [2.45, 2.75) is 50.4 Å². The molecule has 0 saturated heterocycles. The lowest BCUT2D eigenvalue weighted by Gasteiger charge is -2.33. The molecule has 0 aromatic heterocycles. The van der Waals surface area contributed by atoms with Gasteiger partial charge in [-0.15, -0.1) is 0 Å². The molecule has 0 heterocycles. The van der Waals surface area contributed by atoms with Crippen molar-refractivity contribution in [3.63, 3.8) is 0 Å². The van der Waals surface area contributed by atoms with Crippen LogP contribution < -0.4 is 43.0 Å². The number of anilines is 1. The Morgan fingerprint density at radius 3 is 1.98 bits per heavy atom. The Morgan fingerprint density at radius 1 is 0.827 bits per heavy atom. The van der Waals surface area contributed by atoms with Crippen LogP contribution in [0.1, 0.15) is 30.0 Å². The van der Waals surface area contributed by atoms with E-state index in [-0.39, 0.29) is 36.1 Å². The average molecular weight is 765 g/mol. The average Bonchev–Trinajstić information content (AvgIpc) is 3.03. The van der Waals surface area contributed by atoms with Crippen LogP contribution in [0, 0.1) is 0 Å². The van der Waals surface area contributed by atoms with Crippen LogP contribution in [0.25, 0.3) is 0 Å². The number of benzene rings is 3. The van der Waals surface area contributed by atoms with Crippen molar-refractivity contribution < 1.29 is 61.9 Å². The number of nitrogens with two attached hydrogens (primary N) is 3. The number of nitrogens with one attached hydrogen (secondary N) is 3. The molecule has 0 radical (unpaired) electrons. The molecule has 0 aliphatic carbocycles. The van der Waals surface area contributed by atoms with Crippen LogP contribution in [0.2, 0.25) is 0 Å². The lowest BCUT2D eigenvalue weighted by molar-refractivity contribution is -0.136. The molecular weight excluding hydrogens is 726 g/mol. The molecule has 0 bridgehead atoms. The smallest absolute Gasteiger partial charge is 0.445 e. The minimum Gasteiger partial charge on any atom is -0.445 e. The highest BCUT2D eigenvalue weighted by Gasteiger charge is 2.39. The molecule has 280 valence electrons. The first-order valence-corrected chi connectivity index (χ1v) is 18.3. The number of phosphoric acid groups is 1. The number of primary amides is 2. The van der Waals surface area contributed by atoms with Gasteiger partial charge < -0.3 is 52.2 Å². The molecular formula is C31H38N6O13P2. The van der Waals surface area contributed by atoms with Crippen molar-refractivity contribution in [1.82, 2.24) is 16.0 Å². The maximum Gasteiger partial charge on any atom is 0.524 e. The lowest BCUT2D eigenvalue weighted by Crippen LogP contribution is -2.64. The SMILES string of the molecule is C[C@](Cc1ccc(P(=O)(O)O)cc1)(NC(=O)[C@H](Cc1ccc(OP(=O)(O)O)cc1)NC(=O)OCc1cccc(N)c1)C(=O)N[C@H](CC(N)=O)C(N)=O. The van der Waals surface area contributed by atoms with E-state index >= 15 is 0 Å². The molecule has 21 heteroatoms. The van der Waals surface area contributed by atoms with Gasteiger partial charge in [0, 0.05) is 18.5 Å². The predicted octanol–water partition coefficient (Wildman–Crippen LogP) is -0.656. The summed E-state index contributed by atoms with van der Waals surface area (Å²) in [5, 5.41) is 6.94. The van der Waals surface area contributed by atoms with E-state index in [2.05, 4.69) is 20.5 Å². The fraction of sp³-hybridized carbons (Fsp3) is 0.258. The Hall–Kier alpha value is -5.29. The van der Waals surface area contributed by atoms with Crippen molar-refractivity contribution in [3.8, 4) is 5.75 Å². The van der Waals surface area contributed by atoms with Gasteiger partial charge in [0.15, 0.2) is 0 Å². The van der Waals surface area contributed by atoms with Gasteiger partial charge in [-0.2, -0.15) is 0 Å². The monoisotopic (exact) mass is 764 g/mol. The topological polar surface area (TPSA) is 333 Å². The molecule has 0 saturated carbocycles. The van der Waals surface area contributed by atoms with Gasteiger partial charge in [0.25, 0.3) is 0 Å². The summed E-state index contributed by atoms with van der Waals surface area (Å²) in [7, 11) is -9.50. The van der Waals surface area contributed by atoms with Crippen LogP contribution in [-0.2, 0) is 52.5 Å². The van der Waals surface area contributed by atoms with E-state index in [9.17, 15) is 42.9 Å². The zero-order valence-corrected chi connectivity index (χ0v) is 29.3. The predicted molar refractivity (Wildman–Crippen MR) is 184 cm³/mol. The lowest BCUT2D eigenvalue weighted by atomic mass is 9.90. The molecule has 19 nitrogen and oxygen atoms in total. The Bertz CT molecular complexity index is 1880. The number of hydrogen-bond donors (Lipinski definition) is 10. The number of alkyl carbamates (subject to hydrolysis) is 1. The molecule has 3 aromatic rings. The Labute approximate surface area is 296 Å². The molecule has 3 atom stereocenters. The maximum atomic E-state index is 14.0. The van der Waals surface area contributed by atoms with Crippen molar-refractivity contribution in [1.29, 1.82) is 0 Å². The number of phosphoric ester groups is 1. The highest BCUT2D eigenvalue weighted by atomic mass is 31.2. The highest BCUT2D eigenvalue weighted by molar-refractivity contribution is 7.60. The van der Waals surface area contributed by atoms with Gasteiger partial charge in [-0.25, -0.2) is 9.36 Å². The van der Waals surface area contributed by atoms with Gasteiger partial charge in [-0.3, -0.25) is 33.5 Å². The van der Waals surface area contributed by atoms with Crippen molar-refractivity contribution in [3.05, 3.63) is 89.5 Å². The first kappa shape index (κ1) is 41.1. The first-order valence-electron chi connectivity index (χ1n) is 15.1. The number of ether oxygens (including phenoxy) is 1. The molecule has 13 N–H and O–H groups in total. The fourth-order valence-corrected chi connectivity index (χ4v) is 5.72. The van der Waals surface area contributed by atoms with Crippen molar-refractivity contribution >= 4 is 56.1 Å². The molecule has 0 fully saturated rings.